The van der Waals surface area contributed by atoms with Crippen molar-refractivity contribution in [3.63, 3.8) is 0 Å². The molecule has 0 aliphatic heterocycles. The van der Waals surface area contributed by atoms with Crippen LogP contribution in [0.25, 0.3) is 0 Å². The fourth-order valence-electron chi connectivity index (χ4n) is 1.43. The van der Waals surface area contributed by atoms with Gasteiger partial charge in [0.25, 0.3) is 0 Å². The molecule has 0 amide bonds. The quantitative estimate of drug-likeness (QED) is 0.737. The van der Waals surface area contributed by atoms with E-state index in [2.05, 4.69) is 53.2 Å². The van der Waals surface area contributed by atoms with Crippen LogP contribution in [0.2, 0.25) is 0 Å². The Labute approximate surface area is 98.0 Å². The fourth-order valence-corrected chi connectivity index (χ4v) is 2.63. The summed E-state index contributed by atoms with van der Waals surface area (Å²) < 4.78 is 1.43. The molecule has 0 N–H and O–H groups in total. The highest BCUT2D eigenvalue weighted by atomic mass is 79.9. The summed E-state index contributed by atoms with van der Waals surface area (Å²) in [6.07, 6.45) is 3.53. The maximum atomic E-state index is 3.68. The van der Waals surface area contributed by atoms with Crippen molar-refractivity contribution in [3.8, 4) is 0 Å². The topological polar surface area (TPSA) is 0 Å². The zero-order valence-electron chi connectivity index (χ0n) is 8.89. The van der Waals surface area contributed by atoms with Gasteiger partial charge in [-0.05, 0) is 22.9 Å². The molecule has 0 aliphatic rings. The number of allylic oxidation sites excluding steroid dienone is 2. The molecular weight excluding hydrogens is 252 g/mol. The minimum Gasteiger partial charge on any atom is -0.0776 e. The molecule has 0 spiro atoms. The van der Waals surface area contributed by atoms with E-state index in [9.17, 15) is 0 Å². The predicted octanol–water partition coefficient (Wildman–Crippen LogP) is 3.00. The highest BCUT2D eigenvalue weighted by molar-refractivity contribution is 9.11. The zero-order valence-corrected chi connectivity index (χ0v) is 12.5. The van der Waals surface area contributed by atoms with Gasteiger partial charge in [-0.25, -0.2) is 0 Å². The van der Waals surface area contributed by atoms with Gasteiger partial charge in [-0.15, -0.1) is 0 Å². The van der Waals surface area contributed by atoms with Gasteiger partial charge in [0, 0.05) is 10.2 Å². The van der Waals surface area contributed by atoms with Crippen LogP contribution in [0, 0.1) is 0 Å². The lowest BCUT2D eigenvalue weighted by Crippen LogP contribution is -1.92. The maximum Gasteiger partial charge on any atom is 0.0347 e. The van der Waals surface area contributed by atoms with Crippen LogP contribution < -0.4 is 0 Å². The van der Waals surface area contributed by atoms with Crippen LogP contribution in [0.4, 0.5) is 0 Å². The van der Waals surface area contributed by atoms with E-state index < -0.39 is 0 Å². The molecule has 0 radical (unpaired) electrons. The van der Waals surface area contributed by atoms with E-state index in [1.165, 1.54) is 22.9 Å². The van der Waals surface area contributed by atoms with E-state index in [-0.39, 0.29) is 0 Å². The molecule has 1 rings (SSSR count). The summed E-state index contributed by atoms with van der Waals surface area (Å²) >= 11 is 3.68. The van der Waals surface area contributed by atoms with Gasteiger partial charge < -0.3 is 0 Å². The Morgan fingerprint density at radius 2 is 1.93 bits per heavy atom. The maximum absolute atomic E-state index is 3.68. The molecule has 0 bridgehead atoms. The molecule has 1 aromatic carbocycles. The Hall–Kier alpha value is -0.343. The van der Waals surface area contributed by atoms with Crippen LogP contribution >= 0.6 is 15.9 Å². The molecule has 2 heteroatoms. The number of rotatable bonds is 4. The lowest BCUT2D eigenvalue weighted by molar-refractivity contribution is 0.941. The van der Waals surface area contributed by atoms with E-state index in [1.54, 1.807) is 5.20 Å². The summed E-state index contributed by atoms with van der Waals surface area (Å²) in [5.41, 5.74) is 1.42. The molecule has 14 heavy (non-hydrogen) atoms. The summed E-state index contributed by atoms with van der Waals surface area (Å²) in [7, 11) is 1.15. The summed E-state index contributed by atoms with van der Waals surface area (Å²) in [5.74, 6) is 0. The summed E-state index contributed by atoms with van der Waals surface area (Å²) in [4.78, 5) is 0. The van der Waals surface area contributed by atoms with E-state index in [0.29, 0.717) is 0 Å². The van der Waals surface area contributed by atoms with Crippen LogP contribution in [-0.4, -0.2) is 10.2 Å². The third-order valence-corrected chi connectivity index (χ3v) is 5.01. The molecule has 1 aromatic rings. The van der Waals surface area contributed by atoms with Gasteiger partial charge in [0.05, 0.1) is 0 Å². The summed E-state index contributed by atoms with van der Waals surface area (Å²) in [5, 5.41) is 1.58. The van der Waals surface area contributed by atoms with Crippen LogP contribution in [0.3, 0.4) is 0 Å². The van der Waals surface area contributed by atoms with E-state index in [1.807, 2.05) is 0 Å². The molecule has 0 saturated carbocycles. The van der Waals surface area contributed by atoms with E-state index in [4.69, 9.17) is 0 Å². The van der Waals surface area contributed by atoms with Crippen molar-refractivity contribution in [2.45, 2.75) is 26.2 Å². The number of halogens is 1. The molecule has 0 atom stereocenters. The Morgan fingerprint density at radius 3 is 2.50 bits per heavy atom. The molecule has 0 aliphatic carbocycles. The van der Waals surface area contributed by atoms with Crippen molar-refractivity contribution >= 4 is 26.2 Å². The first-order chi connectivity index (χ1) is 6.74. The van der Waals surface area contributed by atoms with Crippen molar-refractivity contribution in [3.05, 3.63) is 45.6 Å². The smallest absolute Gasteiger partial charge is 0.0347 e. The minimum absolute atomic E-state index is 1.12. The third kappa shape index (κ3) is 3.80. The average molecular weight is 269 g/mol. The highest BCUT2D eigenvalue weighted by Gasteiger charge is 1.99. The van der Waals surface area contributed by atoms with Crippen LogP contribution in [-0.2, 0) is 6.42 Å². The first-order valence-electron chi connectivity index (χ1n) is 5.12. The van der Waals surface area contributed by atoms with E-state index in [0.717, 1.165) is 16.7 Å². The predicted molar refractivity (Wildman–Crippen MR) is 70.9 cm³/mol. The van der Waals surface area contributed by atoms with Crippen LogP contribution in [0.1, 0.15) is 25.3 Å². The zero-order chi connectivity index (χ0) is 10.4. The standard InChI is InChI=1S/C12H17BrSi/c1-2-6-11(13)12(14)9-10-7-4-3-5-8-10/h3-5,7-8H,2,6,9H2,1,14H3. The van der Waals surface area contributed by atoms with Crippen molar-refractivity contribution in [2.24, 2.45) is 0 Å². The van der Waals surface area contributed by atoms with Gasteiger partial charge in [0.2, 0.25) is 0 Å². The second-order valence-electron chi connectivity index (χ2n) is 3.60. The molecular formula is C12H17BrSi. The molecule has 0 saturated heterocycles. The Bertz CT molecular complexity index is 303. The molecule has 0 unspecified atom stereocenters. The lowest BCUT2D eigenvalue weighted by atomic mass is 10.1. The normalized spacial score (nSPS) is 12.7. The monoisotopic (exact) mass is 268 g/mol. The first kappa shape index (κ1) is 11.7. The third-order valence-electron chi connectivity index (χ3n) is 2.24. The average Bonchev–Trinajstić information content (AvgIpc) is 2.19. The SMILES string of the molecule is CCCC(Br)=C([SiH3])Cc1ccccc1. The largest absolute Gasteiger partial charge is 0.0776 e. The summed E-state index contributed by atoms with van der Waals surface area (Å²) in [6, 6.07) is 10.7. The number of hydrogen-bond acceptors (Lipinski definition) is 0. The Kier molecular flexibility index (Phi) is 5.19. The molecule has 76 valence electrons. The summed E-state index contributed by atoms with van der Waals surface area (Å²) in [6.45, 7) is 2.22. The van der Waals surface area contributed by atoms with Gasteiger partial charge >= 0.3 is 0 Å². The number of benzene rings is 1. The van der Waals surface area contributed by atoms with Crippen LogP contribution in [0.5, 0.6) is 0 Å². The minimum atomic E-state index is 1.12. The Morgan fingerprint density at radius 1 is 1.29 bits per heavy atom. The highest BCUT2D eigenvalue weighted by Crippen LogP contribution is 2.19. The second-order valence-corrected chi connectivity index (χ2v) is 5.76. The van der Waals surface area contributed by atoms with E-state index >= 15 is 0 Å². The second kappa shape index (κ2) is 6.20. The van der Waals surface area contributed by atoms with Gasteiger partial charge in [-0.1, -0.05) is 64.8 Å². The van der Waals surface area contributed by atoms with Crippen molar-refractivity contribution in [1.82, 2.24) is 0 Å². The molecule has 0 heterocycles. The first-order valence-corrected chi connectivity index (χ1v) is 6.91. The van der Waals surface area contributed by atoms with Crippen molar-refractivity contribution in [2.75, 3.05) is 0 Å². The van der Waals surface area contributed by atoms with Gasteiger partial charge in [-0.2, -0.15) is 0 Å². The van der Waals surface area contributed by atoms with Crippen LogP contribution in [0.15, 0.2) is 40.0 Å². The van der Waals surface area contributed by atoms with Crippen molar-refractivity contribution in [1.29, 1.82) is 0 Å². The Balaban J connectivity index is 2.65. The fraction of sp³-hybridized carbons (Fsp3) is 0.333. The van der Waals surface area contributed by atoms with Crippen molar-refractivity contribution < 1.29 is 0 Å². The van der Waals surface area contributed by atoms with Gasteiger partial charge in [0.15, 0.2) is 0 Å². The van der Waals surface area contributed by atoms with Gasteiger partial charge in [0.1, 0.15) is 0 Å². The lowest BCUT2D eigenvalue weighted by Gasteiger charge is -2.05. The molecule has 0 fully saturated rings. The molecule has 0 aromatic heterocycles. The molecule has 0 nitrogen and oxygen atoms in total. The van der Waals surface area contributed by atoms with Gasteiger partial charge in [-0.3, -0.25) is 0 Å². The number of hydrogen-bond donors (Lipinski definition) is 0.